The van der Waals surface area contributed by atoms with Crippen LogP contribution in [0.2, 0.25) is 0 Å². The number of thiazole rings is 1. The van der Waals surface area contributed by atoms with Crippen molar-refractivity contribution in [1.29, 1.82) is 0 Å². The van der Waals surface area contributed by atoms with E-state index < -0.39 is 9.68 Å². The lowest BCUT2D eigenvalue weighted by Crippen LogP contribution is -1.79. The van der Waals surface area contributed by atoms with Gasteiger partial charge in [-0.3, -0.25) is 0 Å². The zero-order valence-electron chi connectivity index (χ0n) is 5.62. The first kappa shape index (κ1) is 6.88. The first-order chi connectivity index (χ1) is 5.29. The Hall–Kier alpha value is -0.800. The Morgan fingerprint density at radius 2 is 2.09 bits per heavy atom. The number of nitrogen functional groups attached to an aromatic ring is 1. The Labute approximate surface area is 71.1 Å². The van der Waals surface area contributed by atoms with E-state index in [0.29, 0.717) is 5.13 Å². The fourth-order valence-corrected chi connectivity index (χ4v) is 2.37. The minimum Gasteiger partial charge on any atom is -0.338 e. The number of fused-ring (bicyclic) bond motifs is 1. The maximum Gasteiger partial charge on any atom is 0.358 e. The number of hydrogen-bond donors (Lipinski definition) is 1. The number of hydrogen-bond acceptors (Lipinski definition) is 2. The summed E-state index contributed by atoms with van der Waals surface area (Å²) in [5.41, 5.74) is 6.46. The molecular formula is C7H6ClN2S+. The maximum atomic E-state index is 5.97. The molecule has 1 heterocycles. The van der Waals surface area contributed by atoms with Crippen LogP contribution < -0.4 is 5.73 Å². The molecule has 0 radical (unpaired) electrons. The number of nitrogens with zero attached hydrogens (tertiary/aromatic N) is 1. The van der Waals surface area contributed by atoms with Gasteiger partial charge in [0.2, 0.25) is 15.4 Å². The van der Waals surface area contributed by atoms with Crippen molar-refractivity contribution in [3.63, 3.8) is 0 Å². The molecule has 56 valence electrons. The third-order valence-corrected chi connectivity index (χ3v) is 3.64. The zero-order valence-corrected chi connectivity index (χ0v) is 7.19. The molecule has 0 spiro atoms. The van der Waals surface area contributed by atoms with Crippen molar-refractivity contribution in [3.8, 4) is 0 Å². The van der Waals surface area contributed by atoms with Crippen LogP contribution in [0.25, 0.3) is 10.2 Å². The monoisotopic (exact) mass is 185 g/mol. The van der Waals surface area contributed by atoms with E-state index >= 15 is 0 Å². The van der Waals surface area contributed by atoms with Crippen LogP contribution in [0.4, 0.5) is 5.13 Å². The summed E-state index contributed by atoms with van der Waals surface area (Å²) in [5.74, 6) is 0. The van der Waals surface area contributed by atoms with Gasteiger partial charge in [-0.25, -0.2) is 0 Å². The lowest BCUT2D eigenvalue weighted by Gasteiger charge is -1.76. The highest BCUT2D eigenvalue weighted by Gasteiger charge is 2.17. The average molecular weight is 186 g/mol. The largest absolute Gasteiger partial charge is 0.358 e. The maximum absolute atomic E-state index is 5.97. The molecule has 2 aromatic rings. The lowest BCUT2D eigenvalue weighted by molar-refractivity contribution is 1.50. The molecule has 0 bridgehead atoms. The highest BCUT2D eigenvalue weighted by Crippen LogP contribution is 2.38. The molecule has 0 fully saturated rings. The van der Waals surface area contributed by atoms with Gasteiger partial charge in [0.05, 0.1) is 0 Å². The number of aromatic nitrogens is 1. The van der Waals surface area contributed by atoms with E-state index in [4.69, 9.17) is 16.4 Å². The number of anilines is 1. The van der Waals surface area contributed by atoms with E-state index in [1.54, 1.807) is 0 Å². The molecule has 0 aliphatic carbocycles. The van der Waals surface area contributed by atoms with Gasteiger partial charge in [-0.1, -0.05) is 12.1 Å². The summed E-state index contributed by atoms with van der Waals surface area (Å²) in [6.45, 7) is 0. The van der Waals surface area contributed by atoms with Crippen molar-refractivity contribution in [1.82, 2.24) is 4.98 Å². The molecule has 2 nitrogen and oxygen atoms in total. The van der Waals surface area contributed by atoms with Gasteiger partial charge in [-0.05, 0) is 6.07 Å². The number of halogens is 1. The molecule has 2 rings (SSSR count). The summed E-state index contributed by atoms with van der Waals surface area (Å²) < 4.78 is 1.03. The molecular weight excluding hydrogens is 180 g/mol. The van der Waals surface area contributed by atoms with Gasteiger partial charge in [-0.15, -0.1) is 0 Å². The number of para-hydroxylation sites is 1. The Morgan fingerprint density at radius 3 is 2.82 bits per heavy atom. The summed E-state index contributed by atoms with van der Waals surface area (Å²) in [5, 5.41) is 0.521. The van der Waals surface area contributed by atoms with Crippen molar-refractivity contribution < 1.29 is 0 Å². The molecule has 1 atom stereocenters. The Bertz CT molecular complexity index is 396. The van der Waals surface area contributed by atoms with Crippen molar-refractivity contribution in [2.24, 2.45) is 0 Å². The van der Waals surface area contributed by atoms with E-state index in [-0.39, 0.29) is 0 Å². The molecule has 0 saturated carbocycles. The van der Waals surface area contributed by atoms with Gasteiger partial charge in [-0.2, -0.15) is 4.98 Å². The van der Waals surface area contributed by atoms with Crippen LogP contribution in [-0.4, -0.2) is 4.98 Å². The first-order valence-electron chi connectivity index (χ1n) is 3.13. The number of benzene rings is 1. The van der Waals surface area contributed by atoms with Crippen molar-refractivity contribution in [2.75, 3.05) is 5.73 Å². The molecule has 1 unspecified atom stereocenters. The Kier molecular flexibility index (Phi) is 1.47. The van der Waals surface area contributed by atoms with Crippen LogP contribution in [0, 0.1) is 0 Å². The second-order valence-electron chi connectivity index (χ2n) is 2.17. The van der Waals surface area contributed by atoms with Gasteiger partial charge >= 0.3 is 5.13 Å². The summed E-state index contributed by atoms with van der Waals surface area (Å²) in [7, 11) is 5.47. The molecule has 1 aromatic heterocycles. The molecule has 1 aromatic carbocycles. The summed E-state index contributed by atoms with van der Waals surface area (Å²) in [4.78, 5) is 4.11. The fraction of sp³-hybridized carbons (Fsp3) is 0. The van der Waals surface area contributed by atoms with Crippen molar-refractivity contribution in [2.45, 2.75) is 0 Å². The van der Waals surface area contributed by atoms with Gasteiger partial charge in [0.15, 0.2) is 0 Å². The van der Waals surface area contributed by atoms with Gasteiger partial charge in [0.25, 0.3) is 0 Å². The highest BCUT2D eigenvalue weighted by molar-refractivity contribution is 7.68. The van der Waals surface area contributed by atoms with E-state index in [9.17, 15) is 0 Å². The SMILES string of the molecule is Nc1nc2ccccc2[s+]1Cl. The lowest BCUT2D eigenvalue weighted by atomic mass is 10.3. The Balaban J connectivity index is 2.92. The minimum atomic E-state index is -0.493. The van der Waals surface area contributed by atoms with Crippen LogP contribution in [0.1, 0.15) is 0 Å². The zero-order chi connectivity index (χ0) is 7.84. The molecule has 11 heavy (non-hydrogen) atoms. The van der Waals surface area contributed by atoms with E-state index in [0.717, 1.165) is 10.2 Å². The van der Waals surface area contributed by atoms with Crippen LogP contribution >= 0.6 is 20.4 Å². The van der Waals surface area contributed by atoms with Gasteiger partial charge < -0.3 is 5.73 Å². The number of nitrogens with two attached hydrogens (primary N) is 1. The van der Waals surface area contributed by atoms with Crippen LogP contribution in [0.5, 0.6) is 0 Å². The normalized spacial score (nSPS) is 12.3. The fourth-order valence-electron chi connectivity index (χ4n) is 0.973. The molecule has 0 aliphatic rings. The van der Waals surface area contributed by atoms with Crippen LogP contribution in [0.3, 0.4) is 0 Å². The average Bonchev–Trinajstić information content (AvgIpc) is 2.30. The summed E-state index contributed by atoms with van der Waals surface area (Å²) in [6, 6.07) is 7.73. The second-order valence-corrected chi connectivity index (χ2v) is 4.47. The van der Waals surface area contributed by atoms with Gasteiger partial charge in [0, 0.05) is 6.07 Å². The minimum absolute atomic E-state index is 0.493. The number of rotatable bonds is 0. The molecule has 0 saturated heterocycles. The summed E-state index contributed by atoms with van der Waals surface area (Å²) in [6.07, 6.45) is 0. The molecule has 0 amide bonds. The van der Waals surface area contributed by atoms with Crippen molar-refractivity contribution >= 4 is 35.7 Å². The third kappa shape index (κ3) is 0.968. The van der Waals surface area contributed by atoms with E-state index in [1.165, 1.54) is 0 Å². The predicted octanol–water partition coefficient (Wildman–Crippen LogP) is 2.57. The van der Waals surface area contributed by atoms with Crippen LogP contribution in [0.15, 0.2) is 24.3 Å². The summed E-state index contributed by atoms with van der Waals surface area (Å²) >= 11 is 0. The van der Waals surface area contributed by atoms with Crippen LogP contribution in [-0.2, 0) is 0 Å². The topological polar surface area (TPSA) is 38.9 Å². The smallest absolute Gasteiger partial charge is 0.338 e. The van der Waals surface area contributed by atoms with E-state index in [2.05, 4.69) is 4.98 Å². The quantitative estimate of drug-likeness (QED) is 0.641. The predicted molar refractivity (Wildman–Crippen MR) is 49.9 cm³/mol. The van der Waals surface area contributed by atoms with Crippen molar-refractivity contribution in [3.05, 3.63) is 24.3 Å². The molecule has 2 N–H and O–H groups in total. The Morgan fingerprint density at radius 1 is 1.36 bits per heavy atom. The molecule has 0 aliphatic heterocycles. The third-order valence-electron chi connectivity index (χ3n) is 1.47. The standard InChI is InChI=1S/C7H6ClN2S/c8-11-6-4-2-1-3-5(6)10-7(11)9/h1-4H,(H2,9,10)/q+1. The molecule has 4 heteroatoms. The highest BCUT2D eigenvalue weighted by atomic mass is 35.7. The van der Waals surface area contributed by atoms with E-state index in [1.807, 2.05) is 24.3 Å². The second kappa shape index (κ2) is 2.36. The van der Waals surface area contributed by atoms with Gasteiger partial charge in [0.1, 0.15) is 15.2 Å². The first-order valence-corrected chi connectivity index (χ1v) is 5.18.